The standard InChI is InChI=1S/C17H22N6O6S/c1-23(2)16(24)10-6-5-7-11(19-9-30(26,27)22-17(18)25)14(10)15-20-12(28-3)8-13(21-15)29-4/h5-8,19H,9H2,1-4H3,(H3,18,22,25). The van der Waals surface area contributed by atoms with Crippen molar-refractivity contribution in [2.45, 2.75) is 0 Å². The number of hydrogen-bond acceptors (Lipinski definition) is 9. The topological polar surface area (TPSA) is 166 Å². The maximum absolute atomic E-state index is 12.7. The summed E-state index contributed by atoms with van der Waals surface area (Å²) in [6.45, 7) is 0. The molecule has 4 N–H and O–H groups in total. The average molecular weight is 438 g/mol. The van der Waals surface area contributed by atoms with E-state index in [0.29, 0.717) is 0 Å². The van der Waals surface area contributed by atoms with Crippen LogP contribution in [0.1, 0.15) is 10.4 Å². The molecule has 0 aliphatic rings. The Hall–Kier alpha value is -3.61. The summed E-state index contributed by atoms with van der Waals surface area (Å²) >= 11 is 0. The van der Waals surface area contributed by atoms with Gasteiger partial charge in [0.25, 0.3) is 15.9 Å². The molecule has 2 aromatic rings. The van der Waals surface area contributed by atoms with Gasteiger partial charge < -0.3 is 25.4 Å². The van der Waals surface area contributed by atoms with Crippen molar-refractivity contribution in [3.8, 4) is 23.1 Å². The van der Waals surface area contributed by atoms with Crippen molar-refractivity contribution >= 4 is 27.6 Å². The minimum absolute atomic E-state index is 0.0692. The Morgan fingerprint density at radius 2 is 1.73 bits per heavy atom. The van der Waals surface area contributed by atoms with E-state index >= 15 is 0 Å². The Balaban J connectivity index is 2.63. The van der Waals surface area contributed by atoms with Crippen molar-refractivity contribution in [3.05, 3.63) is 29.8 Å². The molecule has 162 valence electrons. The first-order chi connectivity index (χ1) is 14.1. The molecule has 30 heavy (non-hydrogen) atoms. The van der Waals surface area contributed by atoms with Gasteiger partial charge in [-0.25, -0.2) is 17.9 Å². The van der Waals surface area contributed by atoms with E-state index in [0.717, 1.165) is 0 Å². The van der Waals surface area contributed by atoms with E-state index in [1.165, 1.54) is 31.3 Å². The fraction of sp³-hybridized carbons (Fsp3) is 0.294. The summed E-state index contributed by atoms with van der Waals surface area (Å²) in [5.74, 6) is -0.628. The van der Waals surface area contributed by atoms with Crippen molar-refractivity contribution in [2.75, 3.05) is 39.5 Å². The van der Waals surface area contributed by atoms with E-state index in [1.807, 2.05) is 0 Å². The molecule has 1 heterocycles. The Morgan fingerprint density at radius 3 is 2.23 bits per heavy atom. The van der Waals surface area contributed by atoms with Gasteiger partial charge >= 0.3 is 6.03 Å². The number of sulfonamides is 1. The number of nitrogens with zero attached hydrogens (tertiary/aromatic N) is 3. The maximum Gasteiger partial charge on any atom is 0.325 e. The van der Waals surface area contributed by atoms with Crippen LogP contribution in [0.2, 0.25) is 0 Å². The maximum atomic E-state index is 12.7. The van der Waals surface area contributed by atoms with E-state index in [1.54, 1.807) is 31.0 Å². The minimum Gasteiger partial charge on any atom is -0.481 e. The molecule has 0 atom stereocenters. The van der Waals surface area contributed by atoms with Crippen molar-refractivity contribution in [3.63, 3.8) is 0 Å². The van der Waals surface area contributed by atoms with Crippen LogP contribution in [0, 0.1) is 0 Å². The molecule has 0 fully saturated rings. The number of benzene rings is 1. The Bertz CT molecular complexity index is 1030. The summed E-state index contributed by atoms with van der Waals surface area (Å²) in [5, 5.41) is 2.68. The van der Waals surface area contributed by atoms with E-state index < -0.39 is 21.9 Å². The molecule has 0 aliphatic carbocycles. The fourth-order valence-electron chi connectivity index (χ4n) is 2.45. The first kappa shape index (κ1) is 22.7. The van der Waals surface area contributed by atoms with Crippen LogP contribution >= 0.6 is 0 Å². The predicted octanol–water partition coefficient (Wildman–Crippen LogP) is 0.230. The zero-order valence-corrected chi connectivity index (χ0v) is 17.6. The van der Waals surface area contributed by atoms with Gasteiger partial charge in [0.2, 0.25) is 11.8 Å². The molecule has 1 aromatic carbocycles. The van der Waals surface area contributed by atoms with Gasteiger partial charge in [-0.2, -0.15) is 9.97 Å². The number of carbonyl (C=O) groups excluding carboxylic acids is 2. The molecule has 0 aliphatic heterocycles. The summed E-state index contributed by atoms with van der Waals surface area (Å²) in [4.78, 5) is 33.5. The number of urea groups is 1. The molecule has 3 amide bonds. The monoisotopic (exact) mass is 438 g/mol. The summed E-state index contributed by atoms with van der Waals surface area (Å²) in [7, 11) is 1.88. The number of carbonyl (C=O) groups is 2. The third-order valence-electron chi connectivity index (χ3n) is 3.73. The van der Waals surface area contributed by atoms with Gasteiger partial charge in [-0.05, 0) is 12.1 Å². The molecule has 0 radical (unpaired) electrons. The minimum atomic E-state index is -4.07. The number of primary amides is 1. The number of nitrogens with one attached hydrogen (secondary N) is 2. The molecule has 0 bridgehead atoms. The second-order valence-electron chi connectivity index (χ2n) is 6.11. The van der Waals surface area contributed by atoms with Gasteiger partial charge in [0, 0.05) is 19.8 Å². The average Bonchev–Trinajstić information content (AvgIpc) is 2.69. The van der Waals surface area contributed by atoms with Gasteiger partial charge in [-0.3, -0.25) is 4.79 Å². The summed E-state index contributed by atoms with van der Waals surface area (Å²) < 4.78 is 35.9. The van der Waals surface area contributed by atoms with Crippen molar-refractivity contribution < 1.29 is 27.5 Å². The number of methoxy groups -OCH3 is 2. The summed E-state index contributed by atoms with van der Waals surface area (Å²) in [6, 6.07) is 4.89. The zero-order valence-electron chi connectivity index (χ0n) is 16.8. The lowest BCUT2D eigenvalue weighted by molar-refractivity contribution is 0.0828. The summed E-state index contributed by atoms with van der Waals surface area (Å²) in [5.41, 5.74) is 5.54. The number of aromatic nitrogens is 2. The fourth-order valence-corrected chi connectivity index (χ4v) is 3.17. The molecular formula is C17H22N6O6S. The smallest absolute Gasteiger partial charge is 0.325 e. The second kappa shape index (κ2) is 9.26. The second-order valence-corrected chi connectivity index (χ2v) is 7.83. The SMILES string of the molecule is COc1cc(OC)nc(-c2c(NCS(=O)(=O)NC(N)=O)cccc2C(=O)N(C)C)n1. The van der Waals surface area contributed by atoms with Crippen molar-refractivity contribution in [1.29, 1.82) is 0 Å². The first-order valence-corrected chi connectivity index (χ1v) is 10.1. The molecular weight excluding hydrogens is 416 g/mol. The van der Waals surface area contributed by atoms with E-state index in [-0.39, 0.29) is 40.3 Å². The molecule has 13 heteroatoms. The molecule has 1 aromatic heterocycles. The third-order valence-corrected chi connectivity index (χ3v) is 4.77. The number of amides is 3. The van der Waals surface area contributed by atoms with Crippen molar-refractivity contribution in [2.24, 2.45) is 5.73 Å². The highest BCUT2D eigenvalue weighted by atomic mass is 32.2. The van der Waals surface area contributed by atoms with E-state index in [4.69, 9.17) is 15.2 Å². The van der Waals surface area contributed by atoms with Crippen molar-refractivity contribution in [1.82, 2.24) is 19.6 Å². The Kier molecular flexibility index (Phi) is 7.00. The normalized spacial score (nSPS) is 10.8. The number of rotatable bonds is 8. The molecule has 12 nitrogen and oxygen atoms in total. The molecule has 0 unspecified atom stereocenters. The third kappa shape index (κ3) is 5.47. The molecule has 0 saturated carbocycles. The van der Waals surface area contributed by atoms with Crippen LogP contribution in [0.15, 0.2) is 24.3 Å². The van der Waals surface area contributed by atoms with Gasteiger partial charge in [0.15, 0.2) is 5.82 Å². The van der Waals surface area contributed by atoms with Gasteiger partial charge in [-0.15, -0.1) is 0 Å². The van der Waals surface area contributed by atoms with Crippen LogP contribution in [0.25, 0.3) is 11.4 Å². The van der Waals surface area contributed by atoms with E-state index in [2.05, 4.69) is 15.3 Å². The molecule has 0 saturated heterocycles. The van der Waals surface area contributed by atoms with Crippen LogP contribution in [0.3, 0.4) is 0 Å². The van der Waals surface area contributed by atoms with Crippen LogP contribution in [0.5, 0.6) is 11.8 Å². The highest BCUT2D eigenvalue weighted by Crippen LogP contribution is 2.32. The van der Waals surface area contributed by atoms with Gasteiger partial charge in [0.1, 0.15) is 5.88 Å². The number of nitrogens with two attached hydrogens (primary N) is 1. The largest absolute Gasteiger partial charge is 0.481 e. The number of ether oxygens (including phenoxy) is 2. The van der Waals surface area contributed by atoms with Gasteiger partial charge in [-0.1, -0.05) is 6.07 Å². The molecule has 2 rings (SSSR count). The number of hydrogen-bond donors (Lipinski definition) is 3. The predicted molar refractivity (Wildman–Crippen MR) is 109 cm³/mol. The highest BCUT2D eigenvalue weighted by Gasteiger charge is 2.23. The highest BCUT2D eigenvalue weighted by molar-refractivity contribution is 7.90. The Labute approximate surface area is 173 Å². The Morgan fingerprint density at radius 1 is 1.13 bits per heavy atom. The lowest BCUT2D eigenvalue weighted by atomic mass is 10.0. The quantitative estimate of drug-likeness (QED) is 0.523. The zero-order chi connectivity index (χ0) is 22.5. The summed E-state index contributed by atoms with van der Waals surface area (Å²) in [6.07, 6.45) is 0. The van der Waals surface area contributed by atoms with Crippen LogP contribution < -0.4 is 25.2 Å². The first-order valence-electron chi connectivity index (χ1n) is 8.44. The number of anilines is 1. The molecule has 0 spiro atoms. The lowest BCUT2D eigenvalue weighted by Gasteiger charge is -2.18. The van der Waals surface area contributed by atoms with Gasteiger partial charge in [0.05, 0.1) is 31.4 Å². The van der Waals surface area contributed by atoms with Crippen LogP contribution in [0.4, 0.5) is 10.5 Å². The van der Waals surface area contributed by atoms with Crippen LogP contribution in [-0.2, 0) is 10.0 Å². The van der Waals surface area contributed by atoms with E-state index in [9.17, 15) is 18.0 Å². The lowest BCUT2D eigenvalue weighted by Crippen LogP contribution is -2.38. The van der Waals surface area contributed by atoms with Crippen LogP contribution in [-0.4, -0.2) is 69.4 Å².